The van der Waals surface area contributed by atoms with Crippen LogP contribution in [0.15, 0.2) is 44.7 Å². The molecule has 0 amide bonds. The van der Waals surface area contributed by atoms with Crippen LogP contribution in [0.25, 0.3) is 22.8 Å². The van der Waals surface area contributed by atoms with Crippen LogP contribution in [0.1, 0.15) is 12.7 Å². The lowest BCUT2D eigenvalue weighted by atomic mass is 10.2. The molecule has 27 heavy (non-hydrogen) atoms. The van der Waals surface area contributed by atoms with Crippen molar-refractivity contribution in [2.75, 3.05) is 0 Å². The van der Waals surface area contributed by atoms with E-state index in [1.165, 1.54) is 11.8 Å². The van der Waals surface area contributed by atoms with Gasteiger partial charge in [-0.15, -0.1) is 10.2 Å². The van der Waals surface area contributed by atoms with Crippen LogP contribution < -0.4 is 0 Å². The molecule has 6 nitrogen and oxygen atoms in total. The van der Waals surface area contributed by atoms with E-state index in [4.69, 9.17) is 27.7 Å². The second-order valence-corrected chi connectivity index (χ2v) is 8.06. The van der Waals surface area contributed by atoms with Gasteiger partial charge in [0, 0.05) is 22.5 Å². The average Bonchev–Trinajstić information content (AvgIpc) is 3.41. The summed E-state index contributed by atoms with van der Waals surface area (Å²) in [5, 5.41) is 18.6. The molecular weight excluding hydrogens is 425 g/mol. The van der Waals surface area contributed by atoms with Crippen molar-refractivity contribution in [2.45, 2.75) is 24.4 Å². The van der Waals surface area contributed by atoms with Gasteiger partial charge in [-0.25, -0.2) is 0 Å². The Hall–Kier alpha value is -1.87. The van der Waals surface area contributed by atoms with Crippen molar-refractivity contribution in [1.29, 1.82) is 0 Å². The van der Waals surface area contributed by atoms with E-state index in [1.807, 2.05) is 11.4 Å². The summed E-state index contributed by atoms with van der Waals surface area (Å²) in [4.78, 5) is 4.41. The van der Waals surface area contributed by atoms with Crippen LogP contribution >= 0.6 is 46.3 Å². The quantitative estimate of drug-likeness (QED) is 0.361. The lowest BCUT2D eigenvalue weighted by Crippen LogP contribution is -1.99. The minimum atomic E-state index is 0.342. The Morgan fingerprint density at radius 3 is 2.89 bits per heavy atom. The number of hydrogen-bond acceptors (Lipinski definition) is 7. The fourth-order valence-corrected chi connectivity index (χ4v) is 4.35. The van der Waals surface area contributed by atoms with Gasteiger partial charge in [-0.2, -0.15) is 16.3 Å². The second-order valence-electron chi connectivity index (χ2n) is 5.49. The maximum absolute atomic E-state index is 6.19. The maximum atomic E-state index is 6.19. The molecule has 0 saturated carbocycles. The van der Waals surface area contributed by atoms with E-state index in [0.717, 1.165) is 23.1 Å². The SMILES string of the molecule is CCn1c(SCc2noc(-c3cc(Cl)ccc3Cl)n2)nnc1-c1ccsc1. The van der Waals surface area contributed by atoms with Crippen LogP contribution in [-0.2, 0) is 12.3 Å². The molecule has 10 heteroatoms. The third-order valence-corrected chi connectivity index (χ3v) is 5.98. The van der Waals surface area contributed by atoms with Gasteiger partial charge in [0.25, 0.3) is 5.89 Å². The van der Waals surface area contributed by atoms with Gasteiger partial charge in [0.2, 0.25) is 0 Å². The van der Waals surface area contributed by atoms with Crippen molar-refractivity contribution in [2.24, 2.45) is 0 Å². The Morgan fingerprint density at radius 2 is 2.11 bits per heavy atom. The van der Waals surface area contributed by atoms with Crippen LogP contribution in [0.5, 0.6) is 0 Å². The summed E-state index contributed by atoms with van der Waals surface area (Å²) in [5.41, 5.74) is 1.68. The molecule has 1 aromatic carbocycles. The van der Waals surface area contributed by atoms with Crippen LogP contribution in [0, 0.1) is 0 Å². The predicted molar refractivity (Wildman–Crippen MR) is 108 cm³/mol. The highest BCUT2D eigenvalue weighted by atomic mass is 35.5. The highest BCUT2D eigenvalue weighted by Crippen LogP contribution is 2.31. The normalized spacial score (nSPS) is 11.2. The molecule has 0 radical (unpaired) electrons. The van der Waals surface area contributed by atoms with Crippen molar-refractivity contribution in [1.82, 2.24) is 24.9 Å². The largest absolute Gasteiger partial charge is 0.334 e. The van der Waals surface area contributed by atoms with E-state index in [2.05, 4.69) is 37.2 Å². The summed E-state index contributed by atoms with van der Waals surface area (Å²) >= 11 is 15.4. The number of benzene rings is 1. The Morgan fingerprint density at radius 1 is 1.22 bits per heavy atom. The van der Waals surface area contributed by atoms with Gasteiger partial charge in [0.15, 0.2) is 16.8 Å². The molecular formula is C17H13Cl2N5OS2. The minimum absolute atomic E-state index is 0.342. The highest BCUT2D eigenvalue weighted by molar-refractivity contribution is 7.98. The van der Waals surface area contributed by atoms with E-state index in [0.29, 0.717) is 33.1 Å². The monoisotopic (exact) mass is 437 g/mol. The molecule has 0 aliphatic carbocycles. The van der Waals surface area contributed by atoms with Gasteiger partial charge in [-0.05, 0) is 36.6 Å². The smallest absolute Gasteiger partial charge is 0.259 e. The van der Waals surface area contributed by atoms with Crippen molar-refractivity contribution >= 4 is 46.3 Å². The van der Waals surface area contributed by atoms with Crippen molar-refractivity contribution in [3.63, 3.8) is 0 Å². The lowest BCUT2D eigenvalue weighted by molar-refractivity contribution is 0.425. The van der Waals surface area contributed by atoms with Crippen molar-refractivity contribution in [3.8, 4) is 22.8 Å². The molecule has 3 aromatic heterocycles. The summed E-state index contributed by atoms with van der Waals surface area (Å²) < 4.78 is 7.41. The molecule has 3 heterocycles. The molecule has 0 atom stereocenters. The molecule has 0 saturated heterocycles. The number of halogens is 2. The van der Waals surface area contributed by atoms with Crippen molar-refractivity contribution in [3.05, 3.63) is 50.9 Å². The summed E-state index contributed by atoms with van der Waals surface area (Å²) in [6.07, 6.45) is 0. The van der Waals surface area contributed by atoms with E-state index >= 15 is 0 Å². The molecule has 0 unspecified atom stereocenters. The zero-order valence-corrected chi connectivity index (χ0v) is 17.2. The number of thioether (sulfide) groups is 1. The molecule has 0 fully saturated rings. The third kappa shape index (κ3) is 3.89. The van der Waals surface area contributed by atoms with Gasteiger partial charge in [0.1, 0.15) is 0 Å². The van der Waals surface area contributed by atoms with Crippen LogP contribution in [0.4, 0.5) is 0 Å². The van der Waals surface area contributed by atoms with Crippen LogP contribution in [-0.4, -0.2) is 24.9 Å². The second kappa shape index (κ2) is 8.02. The van der Waals surface area contributed by atoms with E-state index in [-0.39, 0.29) is 0 Å². The first kappa shape index (κ1) is 18.5. The Balaban J connectivity index is 1.52. The molecule has 4 rings (SSSR count). The van der Waals surface area contributed by atoms with Gasteiger partial charge in [-0.3, -0.25) is 0 Å². The Kier molecular flexibility index (Phi) is 5.49. The topological polar surface area (TPSA) is 69.6 Å². The number of hydrogen-bond donors (Lipinski definition) is 0. The Bertz CT molecular complexity index is 1060. The fraction of sp³-hybridized carbons (Fsp3) is 0.176. The van der Waals surface area contributed by atoms with E-state index in [1.54, 1.807) is 29.5 Å². The first-order valence-electron chi connectivity index (χ1n) is 8.02. The van der Waals surface area contributed by atoms with Crippen LogP contribution in [0.2, 0.25) is 10.0 Å². The molecule has 0 aliphatic heterocycles. The lowest BCUT2D eigenvalue weighted by Gasteiger charge is -2.04. The number of aromatic nitrogens is 5. The fourth-order valence-electron chi connectivity index (χ4n) is 2.50. The van der Waals surface area contributed by atoms with Gasteiger partial charge in [0.05, 0.1) is 16.3 Å². The number of nitrogens with zero attached hydrogens (tertiary/aromatic N) is 5. The molecule has 0 spiro atoms. The summed E-state index contributed by atoms with van der Waals surface area (Å²) in [6.45, 7) is 2.84. The minimum Gasteiger partial charge on any atom is -0.334 e. The van der Waals surface area contributed by atoms with Gasteiger partial charge < -0.3 is 9.09 Å². The summed E-state index contributed by atoms with van der Waals surface area (Å²) in [5.74, 6) is 2.26. The third-order valence-electron chi connectivity index (χ3n) is 3.77. The highest BCUT2D eigenvalue weighted by Gasteiger charge is 2.16. The van der Waals surface area contributed by atoms with E-state index < -0.39 is 0 Å². The first-order valence-corrected chi connectivity index (χ1v) is 10.7. The number of thiophene rings is 1. The Labute approximate surface area is 173 Å². The number of rotatable bonds is 6. The van der Waals surface area contributed by atoms with Crippen LogP contribution in [0.3, 0.4) is 0 Å². The predicted octanol–water partition coefficient (Wildman–Crippen LogP) is 5.68. The average molecular weight is 438 g/mol. The standard InChI is InChI=1S/C17H13Cl2N5OS2/c1-2-24-15(10-5-6-26-8-10)21-22-17(24)27-9-14-20-16(25-23-14)12-7-11(18)3-4-13(12)19/h3-8H,2,9H2,1H3. The molecule has 0 bridgehead atoms. The van der Waals surface area contributed by atoms with Gasteiger partial charge >= 0.3 is 0 Å². The molecule has 0 N–H and O–H groups in total. The summed E-state index contributed by atoms with van der Waals surface area (Å²) in [7, 11) is 0. The molecule has 138 valence electrons. The van der Waals surface area contributed by atoms with E-state index in [9.17, 15) is 0 Å². The maximum Gasteiger partial charge on any atom is 0.259 e. The zero-order valence-electron chi connectivity index (χ0n) is 14.1. The first-order chi connectivity index (χ1) is 13.2. The summed E-state index contributed by atoms with van der Waals surface area (Å²) in [6, 6.07) is 7.15. The van der Waals surface area contributed by atoms with Crippen molar-refractivity contribution < 1.29 is 4.52 Å². The molecule has 0 aliphatic rings. The zero-order chi connectivity index (χ0) is 18.8. The molecule has 4 aromatic rings. The van der Waals surface area contributed by atoms with Gasteiger partial charge in [-0.1, -0.05) is 40.1 Å².